The predicted octanol–water partition coefficient (Wildman–Crippen LogP) is 12.4. The Morgan fingerprint density at radius 3 is 1.27 bits per heavy atom. The van der Waals surface area contributed by atoms with Crippen LogP contribution in [0.5, 0.6) is 0 Å². The zero-order valence-electron chi connectivity index (χ0n) is 28.4. The fourth-order valence-corrected chi connectivity index (χ4v) is 6.56. The molecule has 0 aliphatic carbocycles. The van der Waals surface area contributed by atoms with Crippen molar-refractivity contribution in [3.63, 3.8) is 0 Å². The molecule has 0 rings (SSSR count). The van der Waals surface area contributed by atoms with Gasteiger partial charge in [-0.3, -0.25) is 13.9 Å². The predicted molar refractivity (Wildman–Crippen MR) is 180 cm³/mol. The van der Waals surface area contributed by atoms with Gasteiger partial charge in [-0.2, -0.15) is 0 Å². The van der Waals surface area contributed by atoms with Crippen LogP contribution in [0.15, 0.2) is 0 Å². The largest absolute Gasteiger partial charge is 0.473 e. The number of unbranched alkanes of at least 4 members (excludes halogenated alkanes) is 22. The van der Waals surface area contributed by atoms with E-state index in [1.165, 1.54) is 128 Å². The Hall–Kier alpha value is 0.0700. The van der Waals surface area contributed by atoms with E-state index in [0.29, 0.717) is 6.61 Å². The van der Waals surface area contributed by atoms with Crippen molar-refractivity contribution in [2.75, 3.05) is 19.7 Å². The lowest BCUT2D eigenvalue weighted by Crippen LogP contribution is -2.38. The molecule has 2 atom stereocenters. The normalized spacial score (nSPS) is 14.1. The molecule has 0 spiro atoms. The van der Waals surface area contributed by atoms with Gasteiger partial charge in [0.05, 0.1) is 6.61 Å². The molecule has 5 nitrogen and oxygen atoms in total. The van der Waals surface area contributed by atoms with E-state index in [1.807, 2.05) is 0 Å². The van der Waals surface area contributed by atoms with Crippen LogP contribution < -0.4 is 0 Å². The number of rotatable bonds is 34. The van der Waals surface area contributed by atoms with Crippen LogP contribution in [0.4, 0.5) is 0 Å². The van der Waals surface area contributed by atoms with Gasteiger partial charge in [0.1, 0.15) is 6.23 Å². The summed E-state index contributed by atoms with van der Waals surface area (Å²) in [4.78, 5) is 13.1. The van der Waals surface area contributed by atoms with Crippen LogP contribution >= 0.6 is 7.82 Å². The van der Waals surface area contributed by atoms with Crippen molar-refractivity contribution in [2.24, 2.45) is 0 Å². The molecule has 0 amide bonds. The molecule has 0 fully saturated rings. The third-order valence-corrected chi connectivity index (χ3v) is 9.34. The van der Waals surface area contributed by atoms with Gasteiger partial charge in [-0.15, -0.1) is 0 Å². The summed E-state index contributed by atoms with van der Waals surface area (Å²) in [5.74, 6) is 0. The maximum atomic E-state index is 13.1. The fourth-order valence-electron chi connectivity index (χ4n) is 5.59. The van der Waals surface area contributed by atoms with Gasteiger partial charge >= 0.3 is 7.82 Å². The zero-order valence-corrected chi connectivity index (χ0v) is 29.3. The van der Waals surface area contributed by atoms with Gasteiger partial charge in [-0.1, -0.05) is 169 Å². The molecular weight excluding hydrogens is 529 g/mol. The van der Waals surface area contributed by atoms with Crippen LogP contribution in [0, 0.1) is 0 Å². The van der Waals surface area contributed by atoms with Crippen LogP contribution in [0.1, 0.15) is 201 Å². The molecule has 6 heteroatoms. The molecule has 0 aromatic carbocycles. The molecule has 0 bridgehead atoms. The van der Waals surface area contributed by atoms with Gasteiger partial charge in [0, 0.05) is 13.1 Å². The molecule has 1 N–H and O–H groups in total. The quantitative estimate of drug-likeness (QED) is 0.0450. The molecule has 0 saturated carbocycles. The lowest BCUT2D eigenvalue weighted by atomic mass is 10.1. The fraction of sp³-hybridized carbons (Fsp3) is 1.00. The lowest BCUT2D eigenvalue weighted by Gasteiger charge is -2.32. The molecule has 0 saturated heterocycles. The van der Waals surface area contributed by atoms with Crippen molar-refractivity contribution in [2.45, 2.75) is 207 Å². The molecule has 248 valence electrons. The van der Waals surface area contributed by atoms with Gasteiger partial charge in [0.25, 0.3) is 0 Å². The molecule has 0 radical (unpaired) electrons. The monoisotopic (exact) mass is 604 g/mol. The Labute approximate surface area is 257 Å². The Balaban J connectivity index is 4.79. The lowest BCUT2D eigenvalue weighted by molar-refractivity contribution is -0.0135. The molecule has 0 aliphatic heterocycles. The van der Waals surface area contributed by atoms with E-state index in [9.17, 15) is 9.46 Å². The van der Waals surface area contributed by atoms with E-state index in [4.69, 9.17) is 9.05 Å². The average molecular weight is 604 g/mol. The smallest absolute Gasteiger partial charge is 0.302 e. The van der Waals surface area contributed by atoms with Gasteiger partial charge in [-0.25, -0.2) is 4.57 Å². The van der Waals surface area contributed by atoms with Crippen LogP contribution in [-0.2, 0) is 13.6 Å². The van der Waals surface area contributed by atoms with Crippen molar-refractivity contribution < 1.29 is 18.5 Å². The summed E-state index contributed by atoms with van der Waals surface area (Å²) in [6.07, 6.45) is 32.4. The van der Waals surface area contributed by atoms with E-state index in [2.05, 4.69) is 32.6 Å². The minimum atomic E-state index is -4.08. The molecule has 0 heterocycles. The summed E-state index contributed by atoms with van der Waals surface area (Å²) in [5.41, 5.74) is 0. The highest BCUT2D eigenvalue weighted by atomic mass is 31.2. The van der Waals surface area contributed by atoms with Gasteiger partial charge in [-0.05, 0) is 32.1 Å². The van der Waals surface area contributed by atoms with Crippen molar-refractivity contribution in [3.05, 3.63) is 0 Å². The second-order valence-electron chi connectivity index (χ2n) is 12.5. The number of phosphoric acid groups is 1. The standard InChI is InChI=1S/C35H74NO4P/c1-5-9-13-17-20-21-22-23-26-30-34-39-41(37,38)40-35(31-27-16-12-8-4)36(32-28-24-18-14-10-6-2)33-29-25-19-15-11-7-3/h35H,5-34H2,1-4H3,(H,37,38). The molecule has 0 aliphatic rings. The highest BCUT2D eigenvalue weighted by molar-refractivity contribution is 7.47. The van der Waals surface area contributed by atoms with Crippen molar-refractivity contribution >= 4 is 7.82 Å². The summed E-state index contributed by atoms with van der Waals surface area (Å²) >= 11 is 0. The first-order valence-corrected chi connectivity index (χ1v) is 19.9. The summed E-state index contributed by atoms with van der Waals surface area (Å²) in [6, 6.07) is 0. The first-order valence-electron chi connectivity index (χ1n) is 18.4. The highest BCUT2D eigenvalue weighted by Gasteiger charge is 2.30. The first-order chi connectivity index (χ1) is 20.0. The van der Waals surface area contributed by atoms with E-state index in [0.717, 1.165) is 58.0 Å². The second-order valence-corrected chi connectivity index (χ2v) is 13.9. The van der Waals surface area contributed by atoms with Crippen LogP contribution in [-0.4, -0.2) is 35.7 Å². The minimum Gasteiger partial charge on any atom is -0.302 e. The van der Waals surface area contributed by atoms with Gasteiger partial charge in [0.15, 0.2) is 0 Å². The molecule has 41 heavy (non-hydrogen) atoms. The molecule has 2 unspecified atom stereocenters. The van der Waals surface area contributed by atoms with Gasteiger partial charge < -0.3 is 4.89 Å². The topological polar surface area (TPSA) is 59.0 Å². The zero-order chi connectivity index (χ0) is 30.3. The SMILES string of the molecule is CCCCCCCCCCCCOP(=O)(O)OC(CCCCCC)N(CCCCCCCC)CCCCCCCC. The summed E-state index contributed by atoms with van der Waals surface area (Å²) in [7, 11) is -4.08. The Morgan fingerprint density at radius 2 is 0.854 bits per heavy atom. The Kier molecular flexibility index (Phi) is 31.5. The number of nitrogens with zero attached hydrogens (tertiary/aromatic N) is 1. The summed E-state index contributed by atoms with van der Waals surface area (Å²) < 4.78 is 24.5. The number of phosphoric ester groups is 1. The summed E-state index contributed by atoms with van der Waals surface area (Å²) in [5, 5.41) is 0. The maximum absolute atomic E-state index is 13.1. The Bertz CT molecular complexity index is 546. The molecule has 0 aromatic rings. The maximum Gasteiger partial charge on any atom is 0.473 e. The second kappa shape index (κ2) is 31.5. The highest BCUT2D eigenvalue weighted by Crippen LogP contribution is 2.46. The van der Waals surface area contributed by atoms with Crippen LogP contribution in [0.2, 0.25) is 0 Å². The number of hydrogen-bond acceptors (Lipinski definition) is 4. The third kappa shape index (κ3) is 28.6. The van der Waals surface area contributed by atoms with E-state index < -0.39 is 7.82 Å². The average Bonchev–Trinajstić information content (AvgIpc) is 2.95. The summed E-state index contributed by atoms with van der Waals surface area (Å²) in [6.45, 7) is 11.2. The minimum absolute atomic E-state index is 0.307. The van der Waals surface area contributed by atoms with E-state index in [1.54, 1.807) is 0 Å². The molecular formula is C35H74NO4P. The first kappa shape index (κ1) is 41.1. The van der Waals surface area contributed by atoms with Gasteiger partial charge in [0.2, 0.25) is 0 Å². The Morgan fingerprint density at radius 1 is 0.512 bits per heavy atom. The van der Waals surface area contributed by atoms with Crippen LogP contribution in [0.3, 0.4) is 0 Å². The third-order valence-electron chi connectivity index (χ3n) is 8.32. The van der Waals surface area contributed by atoms with Crippen LogP contribution in [0.25, 0.3) is 0 Å². The van der Waals surface area contributed by atoms with E-state index in [-0.39, 0.29) is 6.23 Å². The molecule has 0 aromatic heterocycles. The van der Waals surface area contributed by atoms with Crippen molar-refractivity contribution in [1.82, 2.24) is 4.90 Å². The van der Waals surface area contributed by atoms with Crippen molar-refractivity contribution in [1.29, 1.82) is 0 Å². The number of hydrogen-bond donors (Lipinski definition) is 1. The van der Waals surface area contributed by atoms with Crippen molar-refractivity contribution in [3.8, 4) is 0 Å². The van der Waals surface area contributed by atoms with E-state index >= 15 is 0 Å².